The Balaban J connectivity index is 1.84. The molecular weight excluding hydrogens is 304 g/mol. The van der Waals surface area contributed by atoms with E-state index in [0.29, 0.717) is 12.8 Å². The number of hydrogen-bond acceptors (Lipinski definition) is 4. The minimum atomic E-state index is -0.0895. The van der Waals surface area contributed by atoms with Crippen LogP contribution in [0, 0.1) is 5.92 Å². The van der Waals surface area contributed by atoms with Crippen LogP contribution in [0.5, 0.6) is 0 Å². The van der Waals surface area contributed by atoms with Gasteiger partial charge in [0, 0.05) is 42.9 Å². The molecule has 114 valence electrons. The van der Waals surface area contributed by atoms with Crippen LogP contribution in [0.1, 0.15) is 23.8 Å². The highest BCUT2D eigenvalue weighted by Crippen LogP contribution is 2.39. The number of nitrogens with zero attached hydrogens (tertiary/aromatic N) is 2. The van der Waals surface area contributed by atoms with Crippen molar-refractivity contribution < 1.29 is 9.59 Å². The number of carbonyl (C=O) groups excluding carboxylic acids is 2. The standard InChI is InChI=1S/C15H20N2O2S2/c1-16-13(18)5-4-11(14(16)12-3-2-8-21-12)15(19)17-6-9-20-10-7-17/h2-3,8,11,14H,4-7,9-10H2,1H3/t11-,14+/m0/s1. The second-order valence-electron chi connectivity index (χ2n) is 5.55. The van der Waals surface area contributed by atoms with Gasteiger partial charge in [-0.3, -0.25) is 9.59 Å². The second-order valence-corrected chi connectivity index (χ2v) is 7.75. The molecule has 6 heteroatoms. The average molecular weight is 324 g/mol. The minimum absolute atomic E-state index is 0.0885. The third kappa shape index (κ3) is 2.97. The summed E-state index contributed by atoms with van der Waals surface area (Å²) in [7, 11) is 1.83. The van der Waals surface area contributed by atoms with E-state index in [1.807, 2.05) is 41.2 Å². The van der Waals surface area contributed by atoms with Gasteiger partial charge in [-0.25, -0.2) is 0 Å². The first-order valence-corrected chi connectivity index (χ1v) is 9.37. The molecule has 0 aromatic carbocycles. The Bertz CT molecular complexity index is 512. The molecule has 21 heavy (non-hydrogen) atoms. The van der Waals surface area contributed by atoms with Crippen LogP contribution >= 0.6 is 23.1 Å². The fourth-order valence-corrected chi connectivity index (χ4v) is 5.00. The van der Waals surface area contributed by atoms with E-state index < -0.39 is 0 Å². The van der Waals surface area contributed by atoms with Gasteiger partial charge in [0.15, 0.2) is 0 Å². The molecule has 3 heterocycles. The molecule has 0 saturated carbocycles. The highest BCUT2D eigenvalue weighted by atomic mass is 32.2. The van der Waals surface area contributed by atoms with Crippen molar-refractivity contribution in [2.24, 2.45) is 5.92 Å². The minimum Gasteiger partial charge on any atom is -0.341 e. The summed E-state index contributed by atoms with van der Waals surface area (Å²) in [5.74, 6) is 2.34. The molecule has 0 bridgehead atoms. The molecule has 1 aromatic heterocycles. The Labute approximate surface area is 133 Å². The zero-order chi connectivity index (χ0) is 14.8. The van der Waals surface area contributed by atoms with Crippen molar-refractivity contribution in [1.29, 1.82) is 0 Å². The molecule has 0 N–H and O–H groups in total. The van der Waals surface area contributed by atoms with Gasteiger partial charge in [-0.2, -0.15) is 11.8 Å². The molecule has 0 spiro atoms. The van der Waals surface area contributed by atoms with Crippen LogP contribution in [0.3, 0.4) is 0 Å². The summed E-state index contributed by atoms with van der Waals surface area (Å²) in [6.07, 6.45) is 1.16. The number of hydrogen-bond donors (Lipinski definition) is 0. The largest absolute Gasteiger partial charge is 0.341 e. The highest BCUT2D eigenvalue weighted by Gasteiger charge is 2.41. The van der Waals surface area contributed by atoms with E-state index in [1.165, 1.54) is 0 Å². The Morgan fingerprint density at radius 3 is 2.76 bits per heavy atom. The third-order valence-electron chi connectivity index (χ3n) is 4.34. The van der Waals surface area contributed by atoms with E-state index in [1.54, 1.807) is 16.2 Å². The van der Waals surface area contributed by atoms with Crippen LogP contribution in [0.25, 0.3) is 0 Å². The molecule has 0 unspecified atom stereocenters. The summed E-state index contributed by atoms with van der Waals surface area (Å²) in [6, 6.07) is 3.94. The maximum absolute atomic E-state index is 12.9. The summed E-state index contributed by atoms with van der Waals surface area (Å²) in [4.78, 5) is 29.8. The van der Waals surface area contributed by atoms with Crippen LogP contribution < -0.4 is 0 Å². The van der Waals surface area contributed by atoms with E-state index >= 15 is 0 Å². The van der Waals surface area contributed by atoms with Crippen LogP contribution in [0.2, 0.25) is 0 Å². The first-order chi connectivity index (χ1) is 10.2. The first-order valence-electron chi connectivity index (χ1n) is 7.34. The summed E-state index contributed by atoms with van der Waals surface area (Å²) in [6.45, 7) is 1.68. The zero-order valence-electron chi connectivity index (χ0n) is 12.2. The van der Waals surface area contributed by atoms with E-state index in [9.17, 15) is 9.59 Å². The fraction of sp³-hybridized carbons (Fsp3) is 0.600. The molecular formula is C15H20N2O2S2. The normalized spacial score (nSPS) is 27.0. The monoisotopic (exact) mass is 324 g/mol. The molecule has 4 nitrogen and oxygen atoms in total. The Kier molecular flexibility index (Phi) is 4.54. The predicted octanol–water partition coefficient (Wildman–Crippen LogP) is 2.23. The molecule has 0 aliphatic carbocycles. The molecule has 2 aliphatic heterocycles. The van der Waals surface area contributed by atoms with Gasteiger partial charge in [-0.1, -0.05) is 6.07 Å². The lowest BCUT2D eigenvalue weighted by Gasteiger charge is -2.40. The fourth-order valence-electron chi connectivity index (χ4n) is 3.16. The van der Waals surface area contributed by atoms with Gasteiger partial charge >= 0.3 is 0 Å². The number of thioether (sulfide) groups is 1. The first kappa shape index (κ1) is 14.9. The molecule has 2 amide bonds. The molecule has 2 fully saturated rings. The van der Waals surface area contributed by atoms with Crippen molar-refractivity contribution in [2.45, 2.75) is 18.9 Å². The number of amides is 2. The number of likely N-dealkylation sites (tertiary alicyclic amines) is 1. The van der Waals surface area contributed by atoms with Crippen LogP contribution in [0.4, 0.5) is 0 Å². The Morgan fingerprint density at radius 2 is 2.10 bits per heavy atom. The summed E-state index contributed by atoms with van der Waals surface area (Å²) < 4.78 is 0. The van der Waals surface area contributed by atoms with Gasteiger partial charge in [-0.15, -0.1) is 11.3 Å². The van der Waals surface area contributed by atoms with Crippen LogP contribution in [-0.2, 0) is 9.59 Å². The molecule has 2 aliphatic rings. The van der Waals surface area contributed by atoms with Crippen molar-refractivity contribution in [3.05, 3.63) is 22.4 Å². The lowest BCUT2D eigenvalue weighted by molar-refractivity contribution is -0.146. The maximum Gasteiger partial charge on any atom is 0.228 e. The Hall–Kier alpha value is -1.01. The van der Waals surface area contributed by atoms with E-state index in [-0.39, 0.29) is 23.8 Å². The summed E-state index contributed by atoms with van der Waals surface area (Å²) in [5, 5.41) is 2.02. The van der Waals surface area contributed by atoms with E-state index in [0.717, 1.165) is 29.5 Å². The van der Waals surface area contributed by atoms with Crippen molar-refractivity contribution in [1.82, 2.24) is 9.80 Å². The van der Waals surface area contributed by atoms with Gasteiger partial charge in [0.25, 0.3) is 0 Å². The van der Waals surface area contributed by atoms with Gasteiger partial charge in [0.2, 0.25) is 11.8 Å². The van der Waals surface area contributed by atoms with Gasteiger partial charge in [0.1, 0.15) is 0 Å². The topological polar surface area (TPSA) is 40.6 Å². The van der Waals surface area contributed by atoms with Gasteiger partial charge < -0.3 is 9.80 Å². The number of thiophene rings is 1. The number of carbonyl (C=O) groups is 2. The number of rotatable bonds is 2. The zero-order valence-corrected chi connectivity index (χ0v) is 13.8. The van der Waals surface area contributed by atoms with Gasteiger partial charge in [0.05, 0.1) is 12.0 Å². The highest BCUT2D eigenvalue weighted by molar-refractivity contribution is 7.99. The molecule has 2 saturated heterocycles. The van der Waals surface area contributed by atoms with E-state index in [2.05, 4.69) is 0 Å². The molecule has 2 atom stereocenters. The smallest absolute Gasteiger partial charge is 0.228 e. The van der Waals surface area contributed by atoms with Gasteiger partial charge in [-0.05, 0) is 17.9 Å². The van der Waals surface area contributed by atoms with Crippen molar-refractivity contribution in [2.75, 3.05) is 31.6 Å². The van der Waals surface area contributed by atoms with E-state index in [4.69, 9.17) is 0 Å². The Morgan fingerprint density at radius 1 is 1.33 bits per heavy atom. The molecule has 3 rings (SSSR count). The third-order valence-corrected chi connectivity index (χ3v) is 6.22. The SMILES string of the molecule is CN1C(=O)CC[C@H](C(=O)N2CCSCC2)[C@@H]1c1cccs1. The quantitative estimate of drug-likeness (QED) is 0.838. The lowest BCUT2D eigenvalue weighted by atomic mass is 9.86. The van der Waals surface area contributed by atoms with Crippen molar-refractivity contribution in [3.8, 4) is 0 Å². The van der Waals surface area contributed by atoms with Crippen molar-refractivity contribution in [3.63, 3.8) is 0 Å². The van der Waals surface area contributed by atoms with Crippen LogP contribution in [-0.4, -0.2) is 53.3 Å². The van der Waals surface area contributed by atoms with Crippen molar-refractivity contribution >= 4 is 34.9 Å². The molecule has 1 aromatic rings. The number of piperidine rings is 1. The summed E-state index contributed by atoms with van der Waals surface area (Å²) >= 11 is 3.54. The summed E-state index contributed by atoms with van der Waals surface area (Å²) in [5.41, 5.74) is 0. The maximum atomic E-state index is 12.9. The molecule has 0 radical (unpaired) electrons. The average Bonchev–Trinajstić information content (AvgIpc) is 3.04. The predicted molar refractivity (Wildman–Crippen MR) is 86.5 cm³/mol. The lowest BCUT2D eigenvalue weighted by Crippen LogP contribution is -2.49. The van der Waals surface area contributed by atoms with Crippen LogP contribution in [0.15, 0.2) is 17.5 Å². The second kappa shape index (κ2) is 6.40.